The molecule has 0 fully saturated rings. The fourth-order valence-electron chi connectivity index (χ4n) is 0.698. The Bertz CT molecular complexity index is 89.1. The molecular weight excluding hydrogens is 236 g/mol. The van der Waals surface area contributed by atoms with Crippen LogP contribution in [0, 0.1) is 0 Å². The first kappa shape index (κ1) is 14.8. The van der Waals surface area contributed by atoms with Crippen LogP contribution in [0.15, 0.2) is 0 Å². The lowest BCUT2D eigenvalue weighted by Gasteiger charge is -1.93. The molecule has 0 radical (unpaired) electrons. The zero-order valence-corrected chi connectivity index (χ0v) is 10.2. The third-order valence-electron chi connectivity index (χ3n) is 1.24. The lowest BCUT2D eigenvalue weighted by atomic mass is 10.2. The van der Waals surface area contributed by atoms with Crippen molar-refractivity contribution in [3.63, 3.8) is 0 Å². The summed E-state index contributed by atoms with van der Waals surface area (Å²) in [6, 6.07) is 0. The summed E-state index contributed by atoms with van der Waals surface area (Å²) in [5.41, 5.74) is 7.88. The van der Waals surface area contributed by atoms with Crippen molar-refractivity contribution in [1.29, 1.82) is 0 Å². The van der Waals surface area contributed by atoms with Crippen LogP contribution in [0.4, 0.5) is 0 Å². The van der Waals surface area contributed by atoms with Gasteiger partial charge in [-0.05, 0) is 6.42 Å². The third kappa shape index (κ3) is 31.7. The van der Waals surface area contributed by atoms with Gasteiger partial charge in [0, 0.05) is 17.5 Å². The Balaban J connectivity index is 0. The molecule has 12 heavy (non-hydrogen) atoms. The molecule has 0 aromatic heterocycles. The highest BCUT2D eigenvalue weighted by atomic mass is 79.9. The summed E-state index contributed by atoms with van der Waals surface area (Å²) < 4.78 is 0. The lowest BCUT2D eigenvalue weighted by molar-refractivity contribution is -0.210. The Hall–Kier alpha value is 0.330. The third-order valence-corrected chi connectivity index (χ3v) is 1.80. The van der Waals surface area contributed by atoms with E-state index in [0.717, 1.165) is 0 Å². The standard InChI is InChI=1S/C7H15Br.CH4N2S/c1-2-3-4-5-6-7-8;2-1(3)4/h2-7H2,1H3;(H4,2,3,4)/p+1. The van der Waals surface area contributed by atoms with Crippen molar-refractivity contribution in [3.05, 3.63) is 0 Å². The quantitative estimate of drug-likeness (QED) is 0.448. The minimum absolute atomic E-state index is 0.250. The average molecular weight is 256 g/mol. The molecule has 0 saturated carbocycles. The van der Waals surface area contributed by atoms with Crippen molar-refractivity contribution in [2.24, 2.45) is 5.73 Å². The average Bonchev–Trinajstić information content (AvgIpc) is 1.97. The van der Waals surface area contributed by atoms with Crippen LogP contribution < -0.4 is 11.5 Å². The molecule has 74 valence electrons. The first-order valence-electron chi connectivity index (χ1n) is 4.32. The van der Waals surface area contributed by atoms with Gasteiger partial charge in [-0.1, -0.05) is 48.5 Å². The summed E-state index contributed by atoms with van der Waals surface area (Å²) in [5, 5.41) is 1.43. The molecule has 0 amide bonds. The second kappa shape index (κ2) is 13.9. The van der Waals surface area contributed by atoms with E-state index >= 15 is 0 Å². The van der Waals surface area contributed by atoms with E-state index in [1.165, 1.54) is 37.4 Å². The summed E-state index contributed by atoms with van der Waals surface area (Å²) in [6.07, 6.45) is 6.93. The minimum atomic E-state index is 0.250. The number of rotatable bonds is 5. The summed E-state index contributed by atoms with van der Waals surface area (Å²) >= 11 is 7.61. The molecule has 0 spiro atoms. The number of unbranched alkanes of at least 4 members (excludes halogenated alkanes) is 4. The van der Waals surface area contributed by atoms with Gasteiger partial charge in [-0.2, -0.15) is 0 Å². The van der Waals surface area contributed by atoms with Crippen LogP contribution in [0.25, 0.3) is 0 Å². The highest BCUT2D eigenvalue weighted by Gasteiger charge is 1.84. The number of thiocarbonyl (C=S) groups is 1. The smallest absolute Gasteiger partial charge is 0.262 e. The number of hydrogen-bond donors (Lipinski definition) is 2. The Kier molecular flexibility index (Phi) is 17.2. The highest BCUT2D eigenvalue weighted by molar-refractivity contribution is 9.09. The van der Waals surface area contributed by atoms with Gasteiger partial charge in [0.15, 0.2) is 0 Å². The van der Waals surface area contributed by atoms with Gasteiger partial charge in [-0.15, -0.1) is 0 Å². The van der Waals surface area contributed by atoms with E-state index in [1.807, 2.05) is 0 Å². The van der Waals surface area contributed by atoms with Gasteiger partial charge in [-0.25, -0.2) is 0 Å². The number of hydrogen-bond acceptors (Lipinski definition) is 1. The maximum atomic E-state index is 4.73. The molecule has 0 heterocycles. The molecule has 0 aliphatic carbocycles. The molecular formula is C8H20BrN2S+. The van der Waals surface area contributed by atoms with E-state index in [0.29, 0.717) is 0 Å². The molecule has 5 N–H and O–H groups in total. The van der Waals surface area contributed by atoms with E-state index in [2.05, 4.69) is 40.8 Å². The van der Waals surface area contributed by atoms with Crippen molar-refractivity contribution in [1.82, 2.24) is 0 Å². The minimum Gasteiger partial charge on any atom is -0.345 e. The second-order valence-corrected chi connectivity index (χ2v) is 3.89. The van der Waals surface area contributed by atoms with Crippen molar-refractivity contribution in [2.75, 3.05) is 5.33 Å². The van der Waals surface area contributed by atoms with Crippen LogP contribution in [0.3, 0.4) is 0 Å². The van der Waals surface area contributed by atoms with Gasteiger partial charge < -0.3 is 11.5 Å². The summed E-state index contributed by atoms with van der Waals surface area (Å²) in [6.45, 7) is 2.24. The topological polar surface area (TPSA) is 53.7 Å². The van der Waals surface area contributed by atoms with Crippen molar-refractivity contribution >= 4 is 33.3 Å². The number of nitrogens with two attached hydrogens (primary N) is 1. The Morgan fingerprint density at radius 1 is 1.33 bits per heavy atom. The highest BCUT2D eigenvalue weighted by Crippen LogP contribution is 2.03. The SMILES string of the molecule is CCCCCCCBr.NC([NH3+])=S. The molecule has 0 aromatic rings. The molecule has 0 saturated heterocycles. The first-order chi connectivity index (χ1) is 5.65. The van der Waals surface area contributed by atoms with Gasteiger partial charge in [-0.3, -0.25) is 0 Å². The summed E-state index contributed by atoms with van der Waals surface area (Å²) in [7, 11) is 0. The molecule has 0 unspecified atom stereocenters. The molecule has 0 aromatic carbocycles. The molecule has 0 bridgehead atoms. The molecule has 2 nitrogen and oxygen atoms in total. The summed E-state index contributed by atoms with van der Waals surface area (Å²) in [4.78, 5) is 0. The fourth-order valence-corrected chi connectivity index (χ4v) is 1.09. The molecule has 4 heteroatoms. The van der Waals surface area contributed by atoms with Crippen molar-refractivity contribution in [2.45, 2.75) is 39.0 Å². The van der Waals surface area contributed by atoms with E-state index in [-0.39, 0.29) is 5.11 Å². The van der Waals surface area contributed by atoms with Gasteiger partial charge >= 0.3 is 0 Å². The van der Waals surface area contributed by atoms with Gasteiger partial charge in [0.2, 0.25) is 0 Å². The van der Waals surface area contributed by atoms with Crippen LogP contribution in [-0.2, 0) is 0 Å². The number of quaternary nitrogens is 1. The van der Waals surface area contributed by atoms with Crippen molar-refractivity contribution < 1.29 is 5.73 Å². The van der Waals surface area contributed by atoms with E-state index in [4.69, 9.17) is 5.73 Å². The van der Waals surface area contributed by atoms with Crippen LogP contribution in [0.2, 0.25) is 0 Å². The van der Waals surface area contributed by atoms with Crippen LogP contribution >= 0.6 is 28.1 Å². The predicted molar refractivity (Wildman–Crippen MR) is 62.2 cm³/mol. The number of halogens is 1. The van der Waals surface area contributed by atoms with Crippen LogP contribution in [-0.4, -0.2) is 10.4 Å². The number of alkyl halides is 1. The maximum absolute atomic E-state index is 4.73. The van der Waals surface area contributed by atoms with Gasteiger partial charge in [0.25, 0.3) is 5.11 Å². The predicted octanol–water partition coefficient (Wildman–Crippen LogP) is 1.82. The monoisotopic (exact) mass is 255 g/mol. The molecule has 0 atom stereocenters. The maximum Gasteiger partial charge on any atom is 0.262 e. The van der Waals surface area contributed by atoms with E-state index in [1.54, 1.807) is 0 Å². The van der Waals surface area contributed by atoms with Crippen LogP contribution in [0.5, 0.6) is 0 Å². The largest absolute Gasteiger partial charge is 0.345 e. The van der Waals surface area contributed by atoms with Gasteiger partial charge in [0.05, 0.1) is 0 Å². The fraction of sp³-hybridized carbons (Fsp3) is 0.875. The van der Waals surface area contributed by atoms with Crippen molar-refractivity contribution in [3.8, 4) is 0 Å². The zero-order valence-electron chi connectivity index (χ0n) is 7.81. The Morgan fingerprint density at radius 2 is 1.75 bits per heavy atom. The summed E-state index contributed by atoms with van der Waals surface area (Å²) in [5.74, 6) is 0. The normalized spacial score (nSPS) is 8.58. The lowest BCUT2D eigenvalue weighted by Crippen LogP contribution is -2.60. The Morgan fingerprint density at radius 3 is 2.08 bits per heavy atom. The molecule has 0 rings (SSSR count). The zero-order chi connectivity index (χ0) is 9.82. The van der Waals surface area contributed by atoms with E-state index < -0.39 is 0 Å². The van der Waals surface area contributed by atoms with Crippen LogP contribution in [0.1, 0.15) is 39.0 Å². The van der Waals surface area contributed by atoms with Gasteiger partial charge in [0.1, 0.15) is 0 Å². The molecule has 0 aliphatic heterocycles. The molecule has 0 aliphatic rings. The Labute approximate surface area is 89.2 Å². The van der Waals surface area contributed by atoms with E-state index in [9.17, 15) is 0 Å². The first-order valence-corrected chi connectivity index (χ1v) is 5.85. The second-order valence-electron chi connectivity index (χ2n) is 2.57.